The van der Waals surface area contributed by atoms with Gasteiger partial charge >= 0.3 is 0 Å². The molecule has 8 heteroatoms. The van der Waals surface area contributed by atoms with Gasteiger partial charge in [0.05, 0.1) is 10.6 Å². The minimum absolute atomic E-state index is 0.134. The maximum atomic E-state index is 11.6. The quantitative estimate of drug-likeness (QED) is 0.344. The molecular weight excluding hydrogens is 278 g/mol. The first kappa shape index (κ1) is 16.3. The third kappa shape index (κ3) is 3.22. The van der Waals surface area contributed by atoms with Gasteiger partial charge in [-0.25, -0.2) is 0 Å². The van der Waals surface area contributed by atoms with Crippen LogP contribution in [0, 0.1) is 10.1 Å². The van der Waals surface area contributed by atoms with Crippen molar-refractivity contribution < 1.29 is 19.3 Å². The van der Waals surface area contributed by atoms with E-state index in [1.165, 1.54) is 24.3 Å². The largest absolute Gasteiger partial charge is 0.296 e. The van der Waals surface area contributed by atoms with E-state index in [4.69, 9.17) is 0 Å². The molecule has 0 spiro atoms. The summed E-state index contributed by atoms with van der Waals surface area (Å²) in [6.07, 6.45) is 0. The molecule has 0 radical (unpaired) electrons. The zero-order valence-electron chi connectivity index (χ0n) is 11.7. The van der Waals surface area contributed by atoms with E-state index in [1.807, 2.05) is 0 Å². The van der Waals surface area contributed by atoms with E-state index in [-0.39, 0.29) is 11.4 Å². The molecule has 1 aromatic carbocycles. The molecule has 1 aromatic rings. The van der Waals surface area contributed by atoms with Crippen molar-refractivity contribution in [1.29, 1.82) is 0 Å². The van der Waals surface area contributed by atoms with Gasteiger partial charge in [0.25, 0.3) is 11.2 Å². The molecule has 21 heavy (non-hydrogen) atoms. The highest BCUT2D eigenvalue weighted by Gasteiger charge is 2.46. The molecule has 110 valence electrons. The van der Waals surface area contributed by atoms with Gasteiger partial charge in [0.15, 0.2) is 17.3 Å². The van der Waals surface area contributed by atoms with E-state index < -0.39 is 27.8 Å². The van der Waals surface area contributed by atoms with Crippen LogP contribution in [0.2, 0.25) is 0 Å². The lowest BCUT2D eigenvalue weighted by molar-refractivity contribution is -0.384. The number of non-ortho nitro benzene ring substituents is 1. The zero-order chi connectivity index (χ0) is 16.2. The monoisotopic (exact) mass is 291 g/mol. The smallest absolute Gasteiger partial charge is 0.269 e. The highest BCUT2D eigenvalue weighted by atomic mass is 16.6. The first-order chi connectivity index (χ1) is 9.71. The number of hydrogen-bond donors (Lipinski definition) is 0. The van der Waals surface area contributed by atoms with Crippen LogP contribution in [0.3, 0.4) is 0 Å². The van der Waals surface area contributed by atoms with Gasteiger partial charge in [0, 0.05) is 12.1 Å². The second-order valence-electron chi connectivity index (χ2n) is 4.35. The third-order valence-corrected chi connectivity index (χ3v) is 2.90. The van der Waals surface area contributed by atoms with Gasteiger partial charge in [0.1, 0.15) is 0 Å². The second kappa shape index (κ2) is 6.12. The normalized spacial score (nSPS) is 11.4. The number of carbonyl (C=O) groups is 3. The van der Waals surface area contributed by atoms with Crippen LogP contribution in [0.1, 0.15) is 20.8 Å². The molecule has 0 aliphatic rings. The SMILES string of the molecule is CC(=O)C(N=Nc1ccc([N+](=O)[O-])cc1)(C(C)=O)C(C)=O. The fourth-order valence-electron chi connectivity index (χ4n) is 1.73. The number of Topliss-reactive ketones (excluding diaryl/α,β-unsaturated/α-hetero) is 3. The molecule has 0 N–H and O–H groups in total. The number of nitro benzene ring substituents is 1. The summed E-state index contributed by atoms with van der Waals surface area (Å²) in [5.41, 5.74) is -2.10. The fourth-order valence-corrected chi connectivity index (χ4v) is 1.73. The van der Waals surface area contributed by atoms with Gasteiger partial charge in [-0.15, -0.1) is 0 Å². The topological polar surface area (TPSA) is 119 Å². The summed E-state index contributed by atoms with van der Waals surface area (Å²) >= 11 is 0. The Morgan fingerprint density at radius 1 is 1.00 bits per heavy atom. The van der Waals surface area contributed by atoms with Crippen molar-refractivity contribution >= 4 is 28.7 Å². The van der Waals surface area contributed by atoms with E-state index >= 15 is 0 Å². The highest BCUT2D eigenvalue weighted by Crippen LogP contribution is 2.23. The van der Waals surface area contributed by atoms with Crippen LogP contribution < -0.4 is 0 Å². The van der Waals surface area contributed by atoms with Crippen LogP contribution in [0.5, 0.6) is 0 Å². The van der Waals surface area contributed by atoms with E-state index in [0.717, 1.165) is 20.8 Å². The molecule has 1 rings (SSSR count). The molecule has 0 amide bonds. The molecular formula is C13H13N3O5. The minimum Gasteiger partial charge on any atom is -0.296 e. The van der Waals surface area contributed by atoms with Crippen molar-refractivity contribution in [3.63, 3.8) is 0 Å². The van der Waals surface area contributed by atoms with Crippen LogP contribution in [-0.4, -0.2) is 27.8 Å². The molecule has 0 atom stereocenters. The Balaban J connectivity index is 3.20. The summed E-state index contributed by atoms with van der Waals surface area (Å²) in [6, 6.07) is 5.00. The van der Waals surface area contributed by atoms with Crippen molar-refractivity contribution in [2.75, 3.05) is 0 Å². The Bertz CT molecular complexity index is 598. The standard InChI is InChI=1S/C13H13N3O5/c1-8(17)13(9(2)18,10(3)19)15-14-11-4-6-12(7-5-11)16(20)21/h4-7H,1-3H3. The molecule has 0 fully saturated rings. The molecule has 0 aliphatic heterocycles. The minimum atomic E-state index is -2.15. The van der Waals surface area contributed by atoms with Gasteiger partial charge in [0.2, 0.25) is 0 Å². The molecule has 0 aliphatic carbocycles. The van der Waals surface area contributed by atoms with Gasteiger partial charge < -0.3 is 0 Å². The number of hydrogen-bond acceptors (Lipinski definition) is 7. The number of rotatable bonds is 6. The number of nitro groups is 1. The lowest BCUT2D eigenvalue weighted by atomic mass is 9.87. The summed E-state index contributed by atoms with van der Waals surface area (Å²) in [5.74, 6) is -2.19. The number of ketones is 3. The predicted molar refractivity (Wildman–Crippen MR) is 72.4 cm³/mol. The average molecular weight is 291 g/mol. The highest BCUT2D eigenvalue weighted by molar-refractivity contribution is 6.27. The Morgan fingerprint density at radius 3 is 1.76 bits per heavy atom. The van der Waals surface area contributed by atoms with Crippen molar-refractivity contribution in [1.82, 2.24) is 0 Å². The number of azo groups is 1. The second-order valence-corrected chi connectivity index (χ2v) is 4.35. The number of benzene rings is 1. The summed E-state index contributed by atoms with van der Waals surface area (Å²) in [4.78, 5) is 44.8. The van der Waals surface area contributed by atoms with Crippen LogP contribution in [0.4, 0.5) is 11.4 Å². The molecule has 0 unspecified atom stereocenters. The van der Waals surface area contributed by atoms with Crippen molar-refractivity contribution in [3.8, 4) is 0 Å². The number of nitrogens with zero attached hydrogens (tertiary/aromatic N) is 3. The third-order valence-electron chi connectivity index (χ3n) is 2.90. The van der Waals surface area contributed by atoms with Crippen molar-refractivity contribution in [3.05, 3.63) is 34.4 Å². The lowest BCUT2D eigenvalue weighted by Gasteiger charge is -2.18. The Labute approximate surface area is 120 Å². The molecule has 0 aromatic heterocycles. The van der Waals surface area contributed by atoms with Gasteiger partial charge in [-0.05, 0) is 32.9 Å². The molecule has 8 nitrogen and oxygen atoms in total. The Morgan fingerprint density at radius 2 is 1.43 bits per heavy atom. The first-order valence-electron chi connectivity index (χ1n) is 5.92. The van der Waals surface area contributed by atoms with E-state index in [1.54, 1.807) is 0 Å². The van der Waals surface area contributed by atoms with Gasteiger partial charge in [-0.3, -0.25) is 24.5 Å². The van der Waals surface area contributed by atoms with Gasteiger partial charge in [-0.1, -0.05) is 0 Å². The molecule has 0 bridgehead atoms. The summed E-state index contributed by atoms with van der Waals surface area (Å²) < 4.78 is 0. The Hall–Kier alpha value is -2.77. The van der Waals surface area contributed by atoms with Crippen LogP contribution in [0.25, 0.3) is 0 Å². The molecule has 0 saturated carbocycles. The summed E-state index contributed by atoms with van der Waals surface area (Å²) in [7, 11) is 0. The maximum absolute atomic E-state index is 11.6. The van der Waals surface area contributed by atoms with E-state index in [9.17, 15) is 24.5 Å². The van der Waals surface area contributed by atoms with E-state index in [2.05, 4.69) is 10.2 Å². The molecule has 0 saturated heterocycles. The van der Waals surface area contributed by atoms with Crippen molar-refractivity contribution in [2.24, 2.45) is 10.2 Å². The average Bonchev–Trinajstić information content (AvgIpc) is 2.38. The Kier molecular flexibility index (Phi) is 4.75. The zero-order valence-corrected chi connectivity index (χ0v) is 11.7. The van der Waals surface area contributed by atoms with Crippen LogP contribution in [0.15, 0.2) is 34.5 Å². The summed E-state index contributed by atoms with van der Waals surface area (Å²) in [6.45, 7) is 3.24. The van der Waals surface area contributed by atoms with Gasteiger partial charge in [-0.2, -0.15) is 10.2 Å². The van der Waals surface area contributed by atoms with Crippen molar-refractivity contribution in [2.45, 2.75) is 26.3 Å². The van der Waals surface area contributed by atoms with E-state index in [0.29, 0.717) is 0 Å². The summed E-state index contributed by atoms with van der Waals surface area (Å²) in [5, 5.41) is 17.8. The lowest BCUT2D eigenvalue weighted by Crippen LogP contribution is -2.48. The number of carbonyl (C=O) groups excluding carboxylic acids is 3. The fraction of sp³-hybridized carbons (Fsp3) is 0.308. The molecule has 0 heterocycles. The predicted octanol–water partition coefficient (Wildman–Crippen LogP) is 2.18. The maximum Gasteiger partial charge on any atom is 0.269 e. The van der Waals surface area contributed by atoms with Crippen LogP contribution >= 0.6 is 0 Å². The van der Waals surface area contributed by atoms with Crippen LogP contribution in [-0.2, 0) is 14.4 Å². The first-order valence-corrected chi connectivity index (χ1v) is 5.92.